The molecule has 0 bridgehead atoms. The largest absolute Gasteiger partial charge is 0.465 e. The number of hydrogen-bond donors (Lipinski definition) is 1. The molecule has 2 saturated carbocycles. The maximum atomic E-state index is 12.5. The van der Waals surface area contributed by atoms with Crippen LogP contribution in [0, 0.1) is 29.1 Å². The third-order valence-electron chi connectivity index (χ3n) is 4.62. The molecular weight excluding hydrogens is 266 g/mol. The van der Waals surface area contributed by atoms with Crippen LogP contribution >= 0.6 is 0 Å². The van der Waals surface area contributed by atoms with E-state index in [0.29, 0.717) is 12.5 Å². The molecule has 0 aromatic rings. The summed E-state index contributed by atoms with van der Waals surface area (Å²) in [4.78, 5) is 24.6. The molecule has 0 aromatic carbocycles. The van der Waals surface area contributed by atoms with Gasteiger partial charge in [0.1, 0.15) is 5.92 Å². The molecule has 0 aliphatic heterocycles. The summed E-state index contributed by atoms with van der Waals surface area (Å²) in [6.45, 7) is 8.53. The van der Waals surface area contributed by atoms with Crippen molar-refractivity contribution >= 4 is 11.9 Å². The Balaban J connectivity index is 1.92. The van der Waals surface area contributed by atoms with Gasteiger partial charge in [0.25, 0.3) is 0 Å². The van der Waals surface area contributed by atoms with Gasteiger partial charge in [-0.05, 0) is 55.8 Å². The lowest BCUT2D eigenvalue weighted by molar-refractivity contribution is -0.156. The fourth-order valence-corrected chi connectivity index (χ4v) is 3.17. The molecule has 2 aliphatic rings. The second-order valence-electron chi connectivity index (χ2n) is 7.63. The molecule has 21 heavy (non-hydrogen) atoms. The first kappa shape index (κ1) is 16.3. The zero-order valence-electron chi connectivity index (χ0n) is 13.8. The molecule has 2 fully saturated rings. The van der Waals surface area contributed by atoms with Gasteiger partial charge in [-0.3, -0.25) is 9.59 Å². The van der Waals surface area contributed by atoms with Crippen molar-refractivity contribution in [3.63, 3.8) is 0 Å². The average molecular weight is 295 g/mol. The Morgan fingerprint density at radius 1 is 1.14 bits per heavy atom. The molecule has 0 spiro atoms. The van der Waals surface area contributed by atoms with Gasteiger partial charge in [-0.1, -0.05) is 20.8 Å². The molecule has 1 atom stereocenters. The van der Waals surface area contributed by atoms with Crippen molar-refractivity contribution in [2.45, 2.75) is 53.4 Å². The zero-order valence-corrected chi connectivity index (χ0v) is 13.8. The van der Waals surface area contributed by atoms with Gasteiger partial charge in [0.15, 0.2) is 0 Å². The van der Waals surface area contributed by atoms with Crippen LogP contribution in [0.5, 0.6) is 0 Å². The number of ether oxygens (including phenoxy) is 1. The van der Waals surface area contributed by atoms with Crippen molar-refractivity contribution in [2.75, 3.05) is 13.2 Å². The van der Waals surface area contributed by atoms with Gasteiger partial charge >= 0.3 is 5.97 Å². The molecule has 120 valence electrons. The van der Waals surface area contributed by atoms with E-state index in [1.807, 2.05) is 20.8 Å². The summed E-state index contributed by atoms with van der Waals surface area (Å²) in [7, 11) is 0. The normalized spacial score (nSPS) is 20.2. The highest BCUT2D eigenvalue weighted by Gasteiger charge is 2.43. The van der Waals surface area contributed by atoms with Crippen molar-refractivity contribution in [2.24, 2.45) is 29.1 Å². The van der Waals surface area contributed by atoms with Gasteiger partial charge in [0.2, 0.25) is 5.91 Å². The monoisotopic (exact) mass is 295 g/mol. The Hall–Kier alpha value is -1.06. The fourth-order valence-electron chi connectivity index (χ4n) is 3.17. The molecule has 4 heteroatoms. The number of rotatable bonds is 7. The number of carbonyl (C=O) groups is 2. The van der Waals surface area contributed by atoms with Gasteiger partial charge in [0, 0.05) is 6.54 Å². The molecule has 0 saturated heterocycles. The van der Waals surface area contributed by atoms with E-state index >= 15 is 0 Å². The van der Waals surface area contributed by atoms with E-state index in [0.717, 1.165) is 18.4 Å². The summed E-state index contributed by atoms with van der Waals surface area (Å²) in [5.41, 5.74) is -0.426. The van der Waals surface area contributed by atoms with Crippen molar-refractivity contribution in [3.05, 3.63) is 0 Å². The number of amides is 1. The van der Waals surface area contributed by atoms with E-state index in [-0.39, 0.29) is 5.91 Å². The molecule has 1 N–H and O–H groups in total. The smallest absolute Gasteiger partial charge is 0.319 e. The third-order valence-corrected chi connectivity index (χ3v) is 4.62. The van der Waals surface area contributed by atoms with Crippen LogP contribution in [-0.2, 0) is 14.3 Å². The molecule has 0 radical (unpaired) electrons. The predicted octanol–water partition coefficient (Wildman–Crippen LogP) is 2.76. The second-order valence-corrected chi connectivity index (χ2v) is 7.63. The molecule has 2 aliphatic carbocycles. The molecule has 4 nitrogen and oxygen atoms in total. The van der Waals surface area contributed by atoms with Crippen molar-refractivity contribution in [1.82, 2.24) is 5.32 Å². The summed E-state index contributed by atoms with van der Waals surface area (Å²) in [5, 5.41) is 3.03. The minimum Gasteiger partial charge on any atom is -0.465 e. The standard InChI is InChI=1S/C17H29NO3/c1-5-21-16(20)14(17(2,3)4)15(19)18-10-13(11-6-7-11)12-8-9-12/h11-14H,5-10H2,1-4H3,(H,18,19). The fraction of sp³-hybridized carbons (Fsp3) is 0.882. The Labute approximate surface area is 128 Å². The summed E-state index contributed by atoms with van der Waals surface area (Å²) >= 11 is 0. The van der Waals surface area contributed by atoms with Crippen molar-refractivity contribution < 1.29 is 14.3 Å². The first-order valence-corrected chi connectivity index (χ1v) is 8.29. The topological polar surface area (TPSA) is 55.4 Å². The van der Waals surface area contributed by atoms with Crippen molar-refractivity contribution in [3.8, 4) is 0 Å². The van der Waals surface area contributed by atoms with E-state index in [1.54, 1.807) is 6.92 Å². The first-order chi connectivity index (χ1) is 9.84. The van der Waals surface area contributed by atoms with E-state index in [2.05, 4.69) is 5.32 Å². The Morgan fingerprint density at radius 2 is 1.67 bits per heavy atom. The van der Waals surface area contributed by atoms with Crippen molar-refractivity contribution in [1.29, 1.82) is 0 Å². The zero-order chi connectivity index (χ0) is 15.6. The van der Waals surface area contributed by atoms with Crippen LogP contribution in [0.1, 0.15) is 53.4 Å². The number of nitrogens with one attached hydrogen (secondary N) is 1. The van der Waals surface area contributed by atoms with Gasteiger partial charge in [-0.2, -0.15) is 0 Å². The highest BCUT2D eigenvalue weighted by molar-refractivity contribution is 5.98. The molecule has 0 heterocycles. The van der Waals surface area contributed by atoms with E-state index in [4.69, 9.17) is 4.74 Å². The van der Waals surface area contributed by atoms with Crippen LogP contribution in [0.2, 0.25) is 0 Å². The number of carbonyl (C=O) groups excluding carboxylic acids is 2. The SMILES string of the molecule is CCOC(=O)C(C(=O)NCC(C1CC1)C1CC1)C(C)(C)C. The lowest BCUT2D eigenvalue weighted by Crippen LogP contribution is -2.45. The highest BCUT2D eigenvalue weighted by Crippen LogP contribution is 2.48. The molecular formula is C17H29NO3. The van der Waals surface area contributed by atoms with Crippen LogP contribution in [0.25, 0.3) is 0 Å². The summed E-state index contributed by atoms with van der Waals surface area (Å²) in [6.07, 6.45) is 5.21. The second kappa shape index (κ2) is 6.37. The Bertz CT molecular complexity index is 379. The average Bonchev–Trinajstić information content (AvgIpc) is 3.23. The quantitative estimate of drug-likeness (QED) is 0.580. The first-order valence-electron chi connectivity index (χ1n) is 8.29. The maximum absolute atomic E-state index is 12.5. The van der Waals surface area contributed by atoms with Gasteiger partial charge < -0.3 is 10.1 Å². The Morgan fingerprint density at radius 3 is 2.05 bits per heavy atom. The Kier molecular flexibility index (Phi) is 4.95. The lowest BCUT2D eigenvalue weighted by atomic mass is 9.80. The minimum absolute atomic E-state index is 0.174. The predicted molar refractivity (Wildman–Crippen MR) is 81.5 cm³/mol. The number of esters is 1. The maximum Gasteiger partial charge on any atom is 0.319 e. The molecule has 1 unspecified atom stereocenters. The van der Waals surface area contributed by atoms with Crippen LogP contribution in [0.3, 0.4) is 0 Å². The van der Waals surface area contributed by atoms with Crippen LogP contribution in [0.15, 0.2) is 0 Å². The highest BCUT2D eigenvalue weighted by atomic mass is 16.5. The summed E-state index contributed by atoms with van der Waals surface area (Å²) in [6, 6.07) is 0. The van der Waals surface area contributed by atoms with Gasteiger partial charge in [0.05, 0.1) is 6.61 Å². The van der Waals surface area contributed by atoms with Crippen LogP contribution < -0.4 is 5.32 Å². The third kappa shape index (κ3) is 4.45. The van der Waals surface area contributed by atoms with E-state index < -0.39 is 17.3 Å². The molecule has 2 rings (SSSR count). The van der Waals surface area contributed by atoms with Crippen LogP contribution in [0.4, 0.5) is 0 Å². The molecule has 1 amide bonds. The van der Waals surface area contributed by atoms with E-state index in [1.165, 1.54) is 25.7 Å². The van der Waals surface area contributed by atoms with Gasteiger partial charge in [-0.15, -0.1) is 0 Å². The molecule has 0 aromatic heterocycles. The number of hydrogen-bond acceptors (Lipinski definition) is 3. The van der Waals surface area contributed by atoms with E-state index in [9.17, 15) is 9.59 Å². The summed E-state index contributed by atoms with van der Waals surface area (Å²) < 4.78 is 5.08. The van der Waals surface area contributed by atoms with Gasteiger partial charge in [-0.25, -0.2) is 0 Å². The lowest BCUT2D eigenvalue weighted by Gasteiger charge is -2.28. The van der Waals surface area contributed by atoms with Crippen LogP contribution in [-0.4, -0.2) is 25.0 Å². The minimum atomic E-state index is -0.725. The summed E-state index contributed by atoms with van der Waals surface area (Å²) in [5.74, 6) is 0.916.